The van der Waals surface area contributed by atoms with Crippen LogP contribution in [0.25, 0.3) is 22.1 Å². The summed E-state index contributed by atoms with van der Waals surface area (Å²) in [5.74, 6) is 0. The fraction of sp³-hybridized carbons (Fsp3) is 0. The number of aromatic nitrogens is 4. The lowest BCUT2D eigenvalue weighted by molar-refractivity contribution is 0.257. The number of H-pyrrole nitrogens is 1. The Kier molecular flexibility index (Phi) is 1.34. The van der Waals surface area contributed by atoms with E-state index in [-0.39, 0.29) is 0 Å². The number of nitrogens with zero attached hydrogens (tertiary/aromatic N) is 5. The third-order valence-corrected chi connectivity index (χ3v) is 2.67. The van der Waals surface area contributed by atoms with Crippen LogP contribution in [-0.4, -0.2) is 26.0 Å². The number of carbonyl (C=O) groups is 1. The van der Waals surface area contributed by atoms with Gasteiger partial charge in [-0.05, 0) is 0 Å². The summed E-state index contributed by atoms with van der Waals surface area (Å²) in [6.07, 6.45) is 4.73. The predicted octanol–water partition coefficient (Wildman–Crippen LogP) is -0.121. The first-order valence-electron chi connectivity index (χ1n) is 4.92. The maximum Gasteiger partial charge on any atom is 0.368 e. The van der Waals surface area contributed by atoms with Gasteiger partial charge in [-0.2, -0.15) is 9.98 Å². The van der Waals surface area contributed by atoms with Crippen molar-refractivity contribution in [3.63, 3.8) is 0 Å². The van der Waals surface area contributed by atoms with Gasteiger partial charge in [-0.15, -0.1) is 0 Å². The molecule has 3 aromatic rings. The van der Waals surface area contributed by atoms with Gasteiger partial charge in [-0.1, -0.05) is 0 Å². The van der Waals surface area contributed by atoms with E-state index in [9.17, 15) is 4.79 Å². The molecule has 0 bridgehead atoms. The number of urea groups is 1. The summed E-state index contributed by atoms with van der Waals surface area (Å²) in [4.78, 5) is 34.5. The van der Waals surface area contributed by atoms with Crippen LogP contribution in [0.2, 0.25) is 0 Å². The molecule has 0 saturated carbocycles. The summed E-state index contributed by atoms with van der Waals surface area (Å²) >= 11 is 0. The number of aromatic amines is 1. The quantitative estimate of drug-likeness (QED) is 0.575. The molecule has 7 heteroatoms. The second-order valence-electron chi connectivity index (χ2n) is 3.59. The van der Waals surface area contributed by atoms with Crippen molar-refractivity contribution in [2.75, 3.05) is 0 Å². The molecule has 0 aliphatic carbocycles. The summed E-state index contributed by atoms with van der Waals surface area (Å²) in [6, 6.07) is -0.526. The molecule has 0 saturated heterocycles. The lowest BCUT2D eigenvalue weighted by Gasteiger charge is -1.96. The van der Waals surface area contributed by atoms with Gasteiger partial charge < -0.3 is 4.98 Å². The van der Waals surface area contributed by atoms with Crippen molar-refractivity contribution >= 4 is 28.1 Å². The van der Waals surface area contributed by atoms with Gasteiger partial charge >= 0.3 is 6.03 Å². The molecular weight excluding hydrogens is 220 g/mol. The molecule has 1 N–H and O–H groups in total. The lowest BCUT2D eigenvalue weighted by atomic mass is 10.2. The first kappa shape index (κ1) is 8.45. The molecule has 7 nitrogen and oxygen atoms in total. The molecule has 3 heterocycles. The summed E-state index contributed by atoms with van der Waals surface area (Å²) in [5.41, 5.74) is 2.53. The molecule has 2 aromatic heterocycles. The third-order valence-electron chi connectivity index (χ3n) is 2.67. The largest absolute Gasteiger partial charge is 0.368 e. The number of benzene rings is 1. The molecule has 1 aromatic carbocycles. The standard InChI is InChI=1S/C10H4N6O/c17-10-15-8-6-4(11-1-2-12-6)5-7(9(8)16-10)14-3-13-5/h1-3,11H. The Balaban J connectivity index is 2.51. The molecule has 0 radical (unpaired) electrons. The minimum absolute atomic E-state index is 0.460. The fourth-order valence-electron chi connectivity index (χ4n) is 2.00. The van der Waals surface area contributed by atoms with E-state index in [1.165, 1.54) is 6.33 Å². The van der Waals surface area contributed by atoms with Gasteiger partial charge in [0.25, 0.3) is 0 Å². The number of imidazole rings is 1. The van der Waals surface area contributed by atoms with Crippen LogP contribution in [0.3, 0.4) is 0 Å². The molecule has 80 valence electrons. The fourth-order valence-corrected chi connectivity index (χ4v) is 2.00. The van der Waals surface area contributed by atoms with Crippen molar-refractivity contribution in [1.29, 1.82) is 0 Å². The molecule has 1 aliphatic rings. The average molecular weight is 224 g/mol. The Morgan fingerprint density at radius 2 is 1.71 bits per heavy atom. The van der Waals surface area contributed by atoms with Gasteiger partial charge in [-0.25, -0.2) is 14.8 Å². The molecule has 17 heavy (non-hydrogen) atoms. The maximum atomic E-state index is 11.3. The summed E-state index contributed by atoms with van der Waals surface area (Å²) in [6.45, 7) is 0. The molecule has 0 atom stereocenters. The van der Waals surface area contributed by atoms with Crippen LogP contribution in [0.5, 0.6) is 0 Å². The van der Waals surface area contributed by atoms with E-state index in [0.29, 0.717) is 32.8 Å². The second kappa shape index (κ2) is 2.70. The van der Waals surface area contributed by atoms with Crippen molar-refractivity contribution in [3.05, 3.63) is 29.4 Å². The van der Waals surface area contributed by atoms with Gasteiger partial charge in [0.15, 0.2) is 0 Å². The van der Waals surface area contributed by atoms with Gasteiger partial charge in [0.05, 0.1) is 5.52 Å². The van der Waals surface area contributed by atoms with Gasteiger partial charge in [-0.3, -0.25) is 4.98 Å². The topological polar surface area (TPSA) is 96.2 Å². The number of hydrogen-bond donors (Lipinski definition) is 1. The van der Waals surface area contributed by atoms with Crippen LogP contribution in [0, 0.1) is 0 Å². The first-order chi connectivity index (χ1) is 8.34. The van der Waals surface area contributed by atoms with Crippen LogP contribution < -0.4 is 10.7 Å². The Hall–Kier alpha value is -2.70. The van der Waals surface area contributed by atoms with Crippen LogP contribution in [-0.2, 0) is 0 Å². The SMILES string of the molecule is O=C1N=c2c(c3ncc[nH]c3c3ncnc23)=N1. The van der Waals surface area contributed by atoms with Crippen LogP contribution in [0.4, 0.5) is 4.79 Å². The summed E-state index contributed by atoms with van der Waals surface area (Å²) < 4.78 is 0. The minimum atomic E-state index is -0.526. The number of carbonyl (C=O) groups excluding carboxylic acids is 1. The molecular formula is C10H4N6O. The van der Waals surface area contributed by atoms with Gasteiger partial charge in [0.2, 0.25) is 0 Å². The Bertz CT molecular complexity index is 910. The van der Waals surface area contributed by atoms with E-state index in [0.717, 1.165) is 0 Å². The number of amides is 2. The summed E-state index contributed by atoms with van der Waals surface area (Å²) in [5, 5.41) is 0.928. The van der Waals surface area contributed by atoms with Crippen molar-refractivity contribution in [2.24, 2.45) is 9.98 Å². The average Bonchev–Trinajstić information content (AvgIpc) is 2.94. The Morgan fingerprint density at radius 3 is 2.59 bits per heavy atom. The van der Waals surface area contributed by atoms with Crippen molar-refractivity contribution < 1.29 is 4.79 Å². The zero-order valence-corrected chi connectivity index (χ0v) is 8.38. The molecule has 0 fully saturated rings. The number of fused-ring (bicyclic) bond motifs is 6. The smallest absolute Gasteiger partial charge is 0.357 e. The zero-order chi connectivity index (χ0) is 11.4. The maximum absolute atomic E-state index is 11.3. The minimum Gasteiger partial charge on any atom is -0.357 e. The number of rotatable bonds is 0. The van der Waals surface area contributed by atoms with E-state index < -0.39 is 6.03 Å². The van der Waals surface area contributed by atoms with Crippen LogP contribution in [0.1, 0.15) is 0 Å². The molecule has 1 aliphatic heterocycles. The van der Waals surface area contributed by atoms with E-state index in [4.69, 9.17) is 0 Å². The molecule has 0 spiro atoms. The second-order valence-corrected chi connectivity index (χ2v) is 3.59. The Morgan fingerprint density at radius 1 is 0.941 bits per heavy atom. The van der Waals surface area contributed by atoms with E-state index in [1.807, 2.05) is 0 Å². The predicted molar refractivity (Wildman–Crippen MR) is 56.9 cm³/mol. The van der Waals surface area contributed by atoms with E-state index >= 15 is 0 Å². The van der Waals surface area contributed by atoms with Crippen molar-refractivity contribution in [2.45, 2.75) is 0 Å². The lowest BCUT2D eigenvalue weighted by Crippen LogP contribution is -2.25. The van der Waals surface area contributed by atoms with Crippen LogP contribution in [0.15, 0.2) is 28.7 Å². The van der Waals surface area contributed by atoms with E-state index in [2.05, 4.69) is 29.9 Å². The van der Waals surface area contributed by atoms with E-state index in [1.54, 1.807) is 12.4 Å². The van der Waals surface area contributed by atoms with Crippen molar-refractivity contribution in [3.8, 4) is 0 Å². The highest BCUT2D eigenvalue weighted by Gasteiger charge is 2.16. The highest BCUT2D eigenvalue weighted by molar-refractivity contribution is 6.00. The molecule has 4 rings (SSSR count). The zero-order valence-electron chi connectivity index (χ0n) is 8.38. The van der Waals surface area contributed by atoms with Crippen molar-refractivity contribution in [1.82, 2.24) is 19.9 Å². The third kappa shape index (κ3) is 0.949. The Labute approximate surface area is 93.0 Å². The molecule has 2 amide bonds. The molecule has 0 unspecified atom stereocenters. The number of hydrogen-bond acceptors (Lipinski definition) is 4. The van der Waals surface area contributed by atoms with Gasteiger partial charge in [0.1, 0.15) is 33.6 Å². The highest BCUT2D eigenvalue weighted by atomic mass is 16.2. The monoisotopic (exact) mass is 224 g/mol. The first-order valence-corrected chi connectivity index (χ1v) is 4.92. The highest BCUT2D eigenvalue weighted by Crippen LogP contribution is 2.13. The van der Waals surface area contributed by atoms with Gasteiger partial charge in [0, 0.05) is 12.4 Å². The van der Waals surface area contributed by atoms with Crippen LogP contribution >= 0.6 is 0 Å². The normalized spacial score (nSPS) is 13.8. The number of nitrogens with one attached hydrogen (secondary N) is 1. The summed E-state index contributed by atoms with van der Waals surface area (Å²) in [7, 11) is 0.